The highest BCUT2D eigenvalue weighted by Gasteiger charge is 2.16. The third-order valence-electron chi connectivity index (χ3n) is 1.90. The molecule has 0 fully saturated rings. The molecule has 0 saturated carbocycles. The lowest BCUT2D eigenvalue weighted by Crippen LogP contribution is -2.70. The maximum Gasteiger partial charge on any atom is 0.196 e. The summed E-state index contributed by atoms with van der Waals surface area (Å²) in [6.07, 6.45) is 7.51. The van der Waals surface area contributed by atoms with Crippen molar-refractivity contribution < 1.29 is 4.99 Å². The molecular formula is C8H11N2+. The van der Waals surface area contributed by atoms with Crippen LogP contribution >= 0.6 is 0 Å². The Balaban J connectivity index is 2.32. The first kappa shape index (κ1) is 5.86. The lowest BCUT2D eigenvalue weighted by Gasteiger charge is -2.12. The van der Waals surface area contributed by atoms with Crippen LogP contribution in [0.25, 0.3) is 0 Å². The highest BCUT2D eigenvalue weighted by molar-refractivity contribution is 5.98. The van der Waals surface area contributed by atoms with E-state index < -0.39 is 0 Å². The number of nitrogens with one attached hydrogen (secondary N) is 2. The fourth-order valence-corrected chi connectivity index (χ4v) is 1.32. The van der Waals surface area contributed by atoms with E-state index in [9.17, 15) is 0 Å². The van der Waals surface area contributed by atoms with Gasteiger partial charge in [-0.3, -0.25) is 0 Å². The zero-order chi connectivity index (χ0) is 6.81. The summed E-state index contributed by atoms with van der Waals surface area (Å²) in [6.45, 7) is 2.02. The molecule has 0 unspecified atom stereocenters. The Morgan fingerprint density at radius 1 is 1.50 bits per heavy atom. The van der Waals surface area contributed by atoms with E-state index in [0.29, 0.717) is 0 Å². The fourth-order valence-electron chi connectivity index (χ4n) is 1.32. The van der Waals surface area contributed by atoms with Crippen molar-refractivity contribution in [2.75, 3.05) is 13.1 Å². The van der Waals surface area contributed by atoms with Gasteiger partial charge in [0.25, 0.3) is 0 Å². The molecule has 0 bridgehead atoms. The fraction of sp³-hybridized carbons (Fsp3) is 0.375. The second-order valence-corrected chi connectivity index (χ2v) is 2.59. The third-order valence-corrected chi connectivity index (χ3v) is 1.90. The predicted molar refractivity (Wildman–Crippen MR) is 40.7 cm³/mol. The number of fused-ring (bicyclic) bond motifs is 1. The van der Waals surface area contributed by atoms with Crippen molar-refractivity contribution in [3.05, 3.63) is 23.9 Å². The summed E-state index contributed by atoms with van der Waals surface area (Å²) >= 11 is 0. The first-order valence-corrected chi connectivity index (χ1v) is 3.64. The third kappa shape index (κ3) is 0.907. The summed E-state index contributed by atoms with van der Waals surface area (Å²) in [5, 5.41) is 3.27. The van der Waals surface area contributed by atoms with Gasteiger partial charge in [-0.1, -0.05) is 6.08 Å². The van der Waals surface area contributed by atoms with Gasteiger partial charge in [0.1, 0.15) is 0 Å². The van der Waals surface area contributed by atoms with Gasteiger partial charge in [0.2, 0.25) is 0 Å². The van der Waals surface area contributed by atoms with Gasteiger partial charge in [0.15, 0.2) is 11.9 Å². The molecule has 0 saturated heterocycles. The van der Waals surface area contributed by atoms with Crippen molar-refractivity contribution in [1.29, 1.82) is 0 Å². The van der Waals surface area contributed by atoms with E-state index in [1.807, 2.05) is 6.20 Å². The number of hydrogen-bond donors (Lipinski definition) is 2. The molecular weight excluding hydrogens is 124 g/mol. The molecule has 0 amide bonds. The summed E-state index contributed by atoms with van der Waals surface area (Å²) in [4.78, 5) is 3.23. The average molecular weight is 135 g/mol. The van der Waals surface area contributed by atoms with Gasteiger partial charge in [-0.2, -0.15) is 0 Å². The lowest BCUT2D eigenvalue weighted by molar-refractivity contribution is -0.375. The Bertz CT molecular complexity index is 223. The SMILES string of the molecule is C1=C[NH+]=C2CNCC=C2C1. The van der Waals surface area contributed by atoms with E-state index in [4.69, 9.17) is 0 Å². The standard InChI is InChI=1S/C8H10N2/c1-2-7-3-5-9-6-8(7)10-4-1/h1,3-4,9H,2,5-6H2/p+1. The van der Waals surface area contributed by atoms with Gasteiger partial charge >= 0.3 is 0 Å². The minimum absolute atomic E-state index is 0.996. The molecule has 2 nitrogen and oxygen atoms in total. The van der Waals surface area contributed by atoms with E-state index in [2.05, 4.69) is 22.5 Å². The topological polar surface area (TPSA) is 26.0 Å². The molecule has 2 aliphatic rings. The number of allylic oxidation sites excluding steroid dienone is 1. The minimum atomic E-state index is 0.996. The molecule has 0 aromatic carbocycles. The highest BCUT2D eigenvalue weighted by Crippen LogP contribution is 2.05. The van der Waals surface area contributed by atoms with Gasteiger partial charge in [-0.25, -0.2) is 4.99 Å². The molecule has 2 heteroatoms. The number of rotatable bonds is 0. The molecule has 0 spiro atoms. The van der Waals surface area contributed by atoms with Crippen LogP contribution in [-0.2, 0) is 0 Å². The molecule has 2 N–H and O–H groups in total. The van der Waals surface area contributed by atoms with Crippen LogP contribution in [0.3, 0.4) is 0 Å². The van der Waals surface area contributed by atoms with Crippen LogP contribution in [0.1, 0.15) is 6.42 Å². The van der Waals surface area contributed by atoms with E-state index in [1.165, 1.54) is 11.3 Å². The van der Waals surface area contributed by atoms with E-state index in [0.717, 1.165) is 19.5 Å². The predicted octanol–water partition coefficient (Wildman–Crippen LogP) is -1.04. The molecule has 0 aromatic rings. The minimum Gasteiger partial charge on any atom is -0.304 e. The largest absolute Gasteiger partial charge is 0.304 e. The highest BCUT2D eigenvalue weighted by atomic mass is 14.9. The maximum absolute atomic E-state index is 3.27. The molecule has 2 heterocycles. The van der Waals surface area contributed by atoms with Crippen LogP contribution in [0, 0.1) is 0 Å². The van der Waals surface area contributed by atoms with Gasteiger partial charge < -0.3 is 5.32 Å². The van der Waals surface area contributed by atoms with Gasteiger partial charge in [0.05, 0.1) is 6.54 Å². The van der Waals surface area contributed by atoms with Gasteiger partial charge in [-0.05, 0) is 6.08 Å². The van der Waals surface area contributed by atoms with Crippen molar-refractivity contribution in [3.8, 4) is 0 Å². The summed E-state index contributed by atoms with van der Waals surface area (Å²) < 4.78 is 0. The first-order valence-electron chi connectivity index (χ1n) is 3.64. The second-order valence-electron chi connectivity index (χ2n) is 2.59. The quantitative estimate of drug-likeness (QED) is 0.436. The molecule has 0 radical (unpaired) electrons. The van der Waals surface area contributed by atoms with Crippen LogP contribution in [0.2, 0.25) is 0 Å². The molecule has 52 valence electrons. The molecule has 0 aliphatic carbocycles. The van der Waals surface area contributed by atoms with E-state index >= 15 is 0 Å². The van der Waals surface area contributed by atoms with Crippen LogP contribution in [0.4, 0.5) is 0 Å². The summed E-state index contributed by atoms with van der Waals surface area (Å²) in [5.41, 5.74) is 2.80. The monoisotopic (exact) mass is 135 g/mol. The Labute approximate surface area is 60.3 Å². The zero-order valence-electron chi connectivity index (χ0n) is 5.85. The van der Waals surface area contributed by atoms with Crippen molar-refractivity contribution in [2.45, 2.75) is 6.42 Å². The Hall–Kier alpha value is -0.890. The van der Waals surface area contributed by atoms with Crippen molar-refractivity contribution in [1.82, 2.24) is 5.32 Å². The van der Waals surface area contributed by atoms with Crippen LogP contribution in [-0.4, -0.2) is 18.8 Å². The van der Waals surface area contributed by atoms with E-state index in [-0.39, 0.29) is 0 Å². The van der Waals surface area contributed by atoms with Gasteiger partial charge in [-0.15, -0.1) is 0 Å². The molecule has 10 heavy (non-hydrogen) atoms. The maximum atomic E-state index is 3.27. The number of hydrogen-bond acceptors (Lipinski definition) is 1. The average Bonchev–Trinajstić information content (AvgIpc) is 2.05. The second kappa shape index (κ2) is 2.39. The summed E-state index contributed by atoms with van der Waals surface area (Å²) in [7, 11) is 0. The van der Waals surface area contributed by atoms with Crippen molar-refractivity contribution in [3.63, 3.8) is 0 Å². The van der Waals surface area contributed by atoms with Gasteiger partial charge in [0, 0.05) is 18.5 Å². The summed E-state index contributed by atoms with van der Waals surface area (Å²) in [6, 6.07) is 0. The molecule has 2 rings (SSSR count). The normalized spacial score (nSPS) is 23.2. The molecule has 0 aromatic heterocycles. The molecule has 0 atom stereocenters. The molecule has 2 aliphatic heterocycles. The van der Waals surface area contributed by atoms with Crippen LogP contribution in [0.5, 0.6) is 0 Å². The zero-order valence-corrected chi connectivity index (χ0v) is 5.85. The van der Waals surface area contributed by atoms with Crippen LogP contribution in [0.15, 0.2) is 23.9 Å². The van der Waals surface area contributed by atoms with E-state index in [1.54, 1.807) is 0 Å². The Kier molecular flexibility index (Phi) is 1.40. The first-order chi connectivity index (χ1) is 4.97. The van der Waals surface area contributed by atoms with Crippen LogP contribution < -0.4 is 10.3 Å². The Morgan fingerprint density at radius 2 is 2.50 bits per heavy atom. The lowest BCUT2D eigenvalue weighted by atomic mass is 10.0. The summed E-state index contributed by atoms with van der Waals surface area (Å²) in [5.74, 6) is 0. The Morgan fingerprint density at radius 3 is 3.40 bits per heavy atom. The smallest absolute Gasteiger partial charge is 0.196 e. The van der Waals surface area contributed by atoms with Crippen molar-refractivity contribution in [2.24, 2.45) is 0 Å². The van der Waals surface area contributed by atoms with Crippen molar-refractivity contribution >= 4 is 5.71 Å².